The highest BCUT2D eigenvalue weighted by molar-refractivity contribution is 6.39. The largest absolute Gasteiger partial charge is 0.391 e. The molecule has 2 amide bonds. The number of rotatable bonds is 4. The quantitative estimate of drug-likeness (QED) is 0.431. The summed E-state index contributed by atoms with van der Waals surface area (Å²) >= 11 is 5.67. The van der Waals surface area contributed by atoms with Crippen molar-refractivity contribution >= 4 is 29.1 Å². The Bertz CT molecular complexity index is 886. The molecular weight excluding hydrogens is 414 g/mol. The lowest BCUT2D eigenvalue weighted by molar-refractivity contribution is -0.146. The maximum absolute atomic E-state index is 13.5. The summed E-state index contributed by atoms with van der Waals surface area (Å²) in [6, 6.07) is 3.85. The molecule has 4 nitrogen and oxygen atoms in total. The predicted molar refractivity (Wildman–Crippen MR) is 88.0 cm³/mol. The minimum absolute atomic E-state index is 0.0156. The molecule has 2 rings (SSSR count). The Hall–Kier alpha value is -2.75. The fourth-order valence-electron chi connectivity index (χ4n) is 2.20. The normalized spacial score (nSPS) is 12.4. The molecular formula is C17H11ClF6N2O2. The van der Waals surface area contributed by atoms with Crippen LogP contribution in [0.3, 0.4) is 0 Å². The second kappa shape index (κ2) is 8.51. The molecule has 0 fully saturated rings. The van der Waals surface area contributed by atoms with Crippen molar-refractivity contribution in [3.8, 4) is 0 Å². The number of hydrogen-bond acceptors (Lipinski definition) is 2. The zero-order chi connectivity index (χ0) is 21.1. The molecule has 0 saturated carbocycles. The molecule has 0 aliphatic heterocycles. The first-order valence-corrected chi connectivity index (χ1v) is 7.92. The van der Waals surface area contributed by atoms with Gasteiger partial charge in [-0.05, 0) is 17.7 Å². The van der Waals surface area contributed by atoms with Crippen LogP contribution >= 0.6 is 11.6 Å². The van der Waals surface area contributed by atoms with Crippen molar-refractivity contribution in [1.29, 1.82) is 0 Å². The topological polar surface area (TPSA) is 58.2 Å². The number of amides is 2. The van der Waals surface area contributed by atoms with E-state index in [0.29, 0.717) is 6.07 Å². The number of carbonyl (C=O) groups excluding carboxylic acids is 2. The Morgan fingerprint density at radius 1 is 0.929 bits per heavy atom. The van der Waals surface area contributed by atoms with Crippen molar-refractivity contribution in [2.24, 2.45) is 0 Å². The van der Waals surface area contributed by atoms with Gasteiger partial charge in [-0.15, -0.1) is 0 Å². The fourth-order valence-corrected chi connectivity index (χ4v) is 2.33. The van der Waals surface area contributed by atoms with E-state index in [9.17, 15) is 35.9 Å². The van der Waals surface area contributed by atoms with Crippen LogP contribution in [0, 0.1) is 17.5 Å². The standard InChI is InChI=1S/C17H11ClF6N2O2/c18-9-3-1-8(2-4-9)14(7-17(22,23)24)26-16(28)15(27)25-13-6-11(20)10(19)5-12(13)21/h1-6,14H,7H2,(H,25,27)(H,26,28). The van der Waals surface area contributed by atoms with Crippen LogP contribution in [0.5, 0.6) is 0 Å². The van der Waals surface area contributed by atoms with Crippen LogP contribution in [-0.2, 0) is 9.59 Å². The molecule has 11 heteroatoms. The summed E-state index contributed by atoms with van der Waals surface area (Å²) in [6.07, 6.45) is -6.17. The van der Waals surface area contributed by atoms with E-state index in [1.165, 1.54) is 24.3 Å². The van der Waals surface area contributed by atoms with Gasteiger partial charge in [-0.3, -0.25) is 9.59 Å². The molecule has 150 valence electrons. The Balaban J connectivity index is 2.17. The summed E-state index contributed by atoms with van der Waals surface area (Å²) in [6.45, 7) is 0. The Morgan fingerprint density at radius 2 is 1.50 bits per heavy atom. The van der Waals surface area contributed by atoms with Crippen LogP contribution in [0.15, 0.2) is 36.4 Å². The van der Waals surface area contributed by atoms with E-state index in [-0.39, 0.29) is 16.7 Å². The summed E-state index contributed by atoms with van der Waals surface area (Å²) in [5.74, 6) is -7.48. The van der Waals surface area contributed by atoms with Gasteiger partial charge in [0.05, 0.1) is 18.2 Å². The van der Waals surface area contributed by atoms with E-state index < -0.39 is 53.6 Å². The molecule has 0 aliphatic carbocycles. The summed E-state index contributed by atoms with van der Waals surface area (Å²) < 4.78 is 77.9. The number of carbonyl (C=O) groups is 2. The Labute approximate surface area is 159 Å². The lowest BCUT2D eigenvalue weighted by Crippen LogP contribution is -2.39. The molecule has 0 heterocycles. The van der Waals surface area contributed by atoms with Crippen molar-refractivity contribution in [3.63, 3.8) is 0 Å². The third-order valence-electron chi connectivity index (χ3n) is 3.48. The zero-order valence-electron chi connectivity index (χ0n) is 13.7. The SMILES string of the molecule is O=C(Nc1cc(F)c(F)cc1F)C(=O)NC(CC(F)(F)F)c1ccc(Cl)cc1. The molecule has 0 aromatic heterocycles. The van der Waals surface area contributed by atoms with Crippen LogP contribution in [0.25, 0.3) is 0 Å². The molecule has 1 unspecified atom stereocenters. The van der Waals surface area contributed by atoms with Gasteiger partial charge in [0.15, 0.2) is 11.6 Å². The maximum atomic E-state index is 13.5. The first-order valence-electron chi connectivity index (χ1n) is 7.55. The molecule has 0 radical (unpaired) electrons. The molecule has 2 N–H and O–H groups in total. The molecule has 28 heavy (non-hydrogen) atoms. The van der Waals surface area contributed by atoms with Crippen molar-refractivity contribution in [1.82, 2.24) is 5.32 Å². The van der Waals surface area contributed by atoms with Gasteiger partial charge in [0.1, 0.15) is 5.82 Å². The summed E-state index contributed by atoms with van der Waals surface area (Å²) in [5, 5.41) is 3.79. The van der Waals surface area contributed by atoms with E-state index >= 15 is 0 Å². The summed E-state index contributed by atoms with van der Waals surface area (Å²) in [4.78, 5) is 23.8. The van der Waals surface area contributed by atoms with Gasteiger partial charge >= 0.3 is 18.0 Å². The molecule has 2 aromatic rings. The van der Waals surface area contributed by atoms with Crippen molar-refractivity contribution < 1.29 is 35.9 Å². The second-order valence-corrected chi connectivity index (χ2v) is 6.03. The molecule has 0 bridgehead atoms. The highest BCUT2D eigenvalue weighted by atomic mass is 35.5. The van der Waals surface area contributed by atoms with Crippen LogP contribution < -0.4 is 10.6 Å². The van der Waals surface area contributed by atoms with Crippen LogP contribution in [0.1, 0.15) is 18.0 Å². The third kappa shape index (κ3) is 5.88. The molecule has 1 atom stereocenters. The second-order valence-electron chi connectivity index (χ2n) is 5.60. The number of nitrogens with one attached hydrogen (secondary N) is 2. The summed E-state index contributed by atoms with van der Waals surface area (Å²) in [5.41, 5.74) is -0.834. The van der Waals surface area contributed by atoms with Gasteiger partial charge in [-0.2, -0.15) is 13.2 Å². The Kier molecular flexibility index (Phi) is 6.55. The molecule has 0 spiro atoms. The average molecular weight is 425 g/mol. The predicted octanol–water partition coefficient (Wildman–Crippen LogP) is 4.51. The van der Waals surface area contributed by atoms with Crippen molar-refractivity contribution in [3.05, 3.63) is 64.4 Å². The highest BCUT2D eigenvalue weighted by Gasteiger charge is 2.34. The van der Waals surface area contributed by atoms with Crippen LogP contribution in [0.4, 0.5) is 32.0 Å². The van der Waals surface area contributed by atoms with Crippen LogP contribution in [0.2, 0.25) is 5.02 Å². The van der Waals surface area contributed by atoms with E-state index in [1.807, 2.05) is 5.32 Å². The maximum Gasteiger partial charge on any atom is 0.391 e. The van der Waals surface area contributed by atoms with E-state index in [1.54, 1.807) is 5.32 Å². The van der Waals surface area contributed by atoms with Gasteiger partial charge in [0.2, 0.25) is 0 Å². The number of alkyl halides is 3. The van der Waals surface area contributed by atoms with Gasteiger partial charge in [-0.1, -0.05) is 23.7 Å². The first-order chi connectivity index (χ1) is 13.0. The summed E-state index contributed by atoms with van der Waals surface area (Å²) in [7, 11) is 0. The van der Waals surface area contributed by atoms with Gasteiger partial charge < -0.3 is 10.6 Å². The molecule has 0 aliphatic rings. The molecule has 0 saturated heterocycles. The Morgan fingerprint density at radius 3 is 2.07 bits per heavy atom. The number of anilines is 1. The first kappa shape index (κ1) is 21.5. The third-order valence-corrected chi connectivity index (χ3v) is 3.73. The van der Waals surface area contributed by atoms with Crippen molar-refractivity contribution in [2.45, 2.75) is 18.6 Å². The smallest absolute Gasteiger partial charge is 0.341 e. The van der Waals surface area contributed by atoms with Crippen molar-refractivity contribution in [2.75, 3.05) is 5.32 Å². The lowest BCUT2D eigenvalue weighted by Gasteiger charge is -2.20. The van der Waals surface area contributed by atoms with E-state index in [2.05, 4.69) is 0 Å². The van der Waals surface area contributed by atoms with Gasteiger partial charge in [-0.25, -0.2) is 13.2 Å². The van der Waals surface area contributed by atoms with E-state index in [4.69, 9.17) is 11.6 Å². The fraction of sp³-hybridized carbons (Fsp3) is 0.176. The minimum Gasteiger partial charge on any atom is -0.341 e. The number of halogens is 7. The van der Waals surface area contributed by atoms with Gasteiger partial charge in [0.25, 0.3) is 0 Å². The van der Waals surface area contributed by atoms with E-state index in [0.717, 1.165) is 0 Å². The highest BCUT2D eigenvalue weighted by Crippen LogP contribution is 2.30. The number of benzene rings is 2. The zero-order valence-corrected chi connectivity index (χ0v) is 14.5. The number of hydrogen-bond donors (Lipinski definition) is 2. The average Bonchev–Trinajstić information content (AvgIpc) is 2.58. The minimum atomic E-state index is -4.68. The monoisotopic (exact) mass is 424 g/mol. The lowest BCUT2D eigenvalue weighted by atomic mass is 10.0. The van der Waals surface area contributed by atoms with Crippen LogP contribution in [-0.4, -0.2) is 18.0 Å². The molecule has 2 aromatic carbocycles. The van der Waals surface area contributed by atoms with Gasteiger partial charge in [0, 0.05) is 17.2 Å².